The Bertz CT molecular complexity index is 1030. The molecular weight excluding hydrogens is 352 g/mol. The number of benzene rings is 2. The highest BCUT2D eigenvalue weighted by Gasteiger charge is 2.24. The monoisotopic (exact) mass is 376 g/mol. The summed E-state index contributed by atoms with van der Waals surface area (Å²) in [5, 5.41) is 11.8. The van der Waals surface area contributed by atoms with Crippen LogP contribution in [0.1, 0.15) is 28.8 Å². The molecule has 2 aromatic carbocycles. The lowest BCUT2D eigenvalue weighted by Gasteiger charge is -2.27. The highest BCUT2D eigenvalue weighted by atomic mass is 16.5. The predicted octanol–water partition coefficient (Wildman–Crippen LogP) is 3.11. The molecule has 1 amide bonds. The zero-order chi connectivity index (χ0) is 19.1. The molecule has 1 saturated carbocycles. The van der Waals surface area contributed by atoms with Crippen molar-refractivity contribution in [1.29, 1.82) is 0 Å². The molecule has 3 aromatic rings. The van der Waals surface area contributed by atoms with E-state index in [9.17, 15) is 4.79 Å². The fourth-order valence-corrected chi connectivity index (χ4v) is 3.77. The molecule has 1 aromatic heterocycles. The van der Waals surface area contributed by atoms with E-state index in [1.165, 1.54) is 0 Å². The van der Waals surface area contributed by atoms with E-state index in [0.29, 0.717) is 11.6 Å². The van der Waals surface area contributed by atoms with Gasteiger partial charge in [-0.15, -0.1) is 0 Å². The number of anilines is 1. The molecule has 1 saturated heterocycles. The van der Waals surface area contributed by atoms with Gasteiger partial charge in [-0.25, -0.2) is 0 Å². The Morgan fingerprint density at radius 2 is 2.00 bits per heavy atom. The number of rotatable bonds is 4. The number of carbonyl (C=O) groups is 1. The second kappa shape index (κ2) is 6.95. The molecule has 1 aliphatic carbocycles. The number of fused-ring (bicyclic) bond motifs is 1. The Labute approximate surface area is 163 Å². The van der Waals surface area contributed by atoms with Crippen LogP contribution < -0.4 is 15.5 Å². The zero-order valence-electron chi connectivity index (χ0n) is 16.0. The van der Waals surface area contributed by atoms with Crippen LogP contribution in [0.3, 0.4) is 0 Å². The number of aryl methyl sites for hydroxylation is 1. The van der Waals surface area contributed by atoms with E-state index in [1.54, 1.807) is 0 Å². The number of nitrogens with one attached hydrogen (secondary N) is 2. The van der Waals surface area contributed by atoms with Crippen LogP contribution in [0.5, 0.6) is 0 Å². The normalized spacial score (nSPS) is 17.1. The van der Waals surface area contributed by atoms with Gasteiger partial charge < -0.3 is 20.1 Å². The average Bonchev–Trinajstić information content (AvgIpc) is 3.44. The van der Waals surface area contributed by atoms with Crippen molar-refractivity contribution in [3.05, 3.63) is 47.5 Å². The van der Waals surface area contributed by atoms with Gasteiger partial charge in [-0.05, 0) is 60.7 Å². The minimum atomic E-state index is 0.00508. The van der Waals surface area contributed by atoms with Crippen molar-refractivity contribution in [2.75, 3.05) is 31.1 Å². The van der Waals surface area contributed by atoms with E-state index in [0.717, 1.165) is 72.5 Å². The molecule has 144 valence electrons. The Kier molecular flexibility index (Phi) is 4.28. The first-order valence-corrected chi connectivity index (χ1v) is 9.96. The summed E-state index contributed by atoms with van der Waals surface area (Å²) in [5.74, 6) is 0.919. The lowest BCUT2D eigenvalue weighted by atomic mass is 9.97. The van der Waals surface area contributed by atoms with Crippen LogP contribution in [0.4, 0.5) is 5.82 Å². The molecule has 0 bridgehead atoms. The van der Waals surface area contributed by atoms with Crippen LogP contribution >= 0.6 is 0 Å². The van der Waals surface area contributed by atoms with E-state index >= 15 is 0 Å². The molecule has 0 unspecified atom stereocenters. The molecule has 6 heteroatoms. The summed E-state index contributed by atoms with van der Waals surface area (Å²) < 4.78 is 5.65. The van der Waals surface area contributed by atoms with Crippen LogP contribution in [0.25, 0.3) is 22.1 Å². The van der Waals surface area contributed by atoms with Crippen molar-refractivity contribution in [3.8, 4) is 11.1 Å². The van der Waals surface area contributed by atoms with Crippen LogP contribution in [0.15, 0.2) is 40.9 Å². The second-order valence-corrected chi connectivity index (χ2v) is 7.73. The van der Waals surface area contributed by atoms with Crippen LogP contribution in [-0.2, 0) is 0 Å². The van der Waals surface area contributed by atoms with Gasteiger partial charge in [-0.3, -0.25) is 4.79 Å². The Balaban J connectivity index is 1.48. The third kappa shape index (κ3) is 3.24. The topological polar surface area (TPSA) is 70.4 Å². The van der Waals surface area contributed by atoms with Gasteiger partial charge in [-0.2, -0.15) is 0 Å². The third-order valence-corrected chi connectivity index (χ3v) is 5.59. The van der Waals surface area contributed by atoms with Crippen LogP contribution in [0.2, 0.25) is 0 Å². The van der Waals surface area contributed by atoms with Crippen molar-refractivity contribution in [2.24, 2.45) is 0 Å². The lowest BCUT2D eigenvalue weighted by Crippen LogP contribution is -2.43. The molecule has 2 heterocycles. The fourth-order valence-electron chi connectivity index (χ4n) is 3.77. The van der Waals surface area contributed by atoms with Crippen molar-refractivity contribution in [2.45, 2.75) is 25.8 Å². The third-order valence-electron chi connectivity index (χ3n) is 5.59. The molecule has 0 atom stereocenters. The number of hydrogen-bond donors (Lipinski definition) is 2. The Morgan fingerprint density at radius 3 is 2.79 bits per heavy atom. The molecule has 2 fully saturated rings. The predicted molar refractivity (Wildman–Crippen MR) is 110 cm³/mol. The maximum Gasteiger partial charge on any atom is 0.251 e. The zero-order valence-corrected chi connectivity index (χ0v) is 16.0. The number of nitrogens with zero attached hydrogens (tertiary/aromatic N) is 2. The van der Waals surface area contributed by atoms with Gasteiger partial charge in [0.05, 0.1) is 5.39 Å². The summed E-state index contributed by atoms with van der Waals surface area (Å²) in [6.07, 6.45) is 2.17. The number of aromatic nitrogens is 1. The fraction of sp³-hybridized carbons (Fsp3) is 0.364. The van der Waals surface area contributed by atoms with Gasteiger partial charge in [0, 0.05) is 37.8 Å². The SMILES string of the molecule is Cc1ccc(C(=O)NC2CC2)cc1-c1ccc2c(N3CCNCC3)noc2c1. The highest BCUT2D eigenvalue weighted by molar-refractivity contribution is 5.97. The van der Waals surface area contributed by atoms with Crippen LogP contribution in [0, 0.1) is 6.92 Å². The molecule has 0 radical (unpaired) electrons. The highest BCUT2D eigenvalue weighted by Crippen LogP contribution is 2.32. The second-order valence-electron chi connectivity index (χ2n) is 7.73. The molecule has 6 nitrogen and oxygen atoms in total. The summed E-state index contributed by atoms with van der Waals surface area (Å²) in [5.41, 5.74) is 4.69. The van der Waals surface area contributed by atoms with Crippen molar-refractivity contribution in [1.82, 2.24) is 15.8 Å². The minimum Gasteiger partial charge on any atom is -0.354 e. The first-order chi connectivity index (χ1) is 13.7. The first-order valence-electron chi connectivity index (χ1n) is 9.96. The van der Waals surface area contributed by atoms with Crippen molar-refractivity contribution in [3.63, 3.8) is 0 Å². The molecule has 1 aliphatic heterocycles. The summed E-state index contributed by atoms with van der Waals surface area (Å²) in [6.45, 7) is 5.85. The van der Waals surface area contributed by atoms with E-state index in [1.807, 2.05) is 24.3 Å². The van der Waals surface area contributed by atoms with E-state index in [4.69, 9.17) is 4.52 Å². The van der Waals surface area contributed by atoms with Crippen molar-refractivity contribution < 1.29 is 9.32 Å². The van der Waals surface area contributed by atoms with Gasteiger partial charge in [0.2, 0.25) is 0 Å². The van der Waals surface area contributed by atoms with Crippen molar-refractivity contribution >= 4 is 22.7 Å². The standard InChI is InChI=1S/C22H24N4O2/c1-14-2-3-16(22(27)24-17-5-6-17)12-19(14)15-4-7-18-20(13-15)28-25-21(18)26-10-8-23-9-11-26/h2-4,7,12-13,17,23H,5-6,8-11H2,1H3,(H,24,27). The number of carbonyl (C=O) groups excluding carboxylic acids is 1. The quantitative estimate of drug-likeness (QED) is 0.732. The average molecular weight is 376 g/mol. The number of amides is 1. The largest absolute Gasteiger partial charge is 0.354 e. The lowest BCUT2D eigenvalue weighted by molar-refractivity contribution is 0.0951. The molecule has 2 N–H and O–H groups in total. The molecule has 2 aliphatic rings. The smallest absolute Gasteiger partial charge is 0.251 e. The Morgan fingerprint density at radius 1 is 1.18 bits per heavy atom. The van der Waals surface area contributed by atoms with Gasteiger partial charge >= 0.3 is 0 Å². The maximum absolute atomic E-state index is 12.4. The number of piperazine rings is 1. The van der Waals surface area contributed by atoms with Gasteiger partial charge in [0.15, 0.2) is 11.4 Å². The number of hydrogen-bond acceptors (Lipinski definition) is 5. The Hall–Kier alpha value is -2.86. The minimum absolute atomic E-state index is 0.00508. The molecule has 28 heavy (non-hydrogen) atoms. The maximum atomic E-state index is 12.4. The first kappa shape index (κ1) is 17.3. The van der Waals surface area contributed by atoms with E-state index < -0.39 is 0 Å². The van der Waals surface area contributed by atoms with Crippen LogP contribution in [-0.4, -0.2) is 43.3 Å². The summed E-state index contributed by atoms with van der Waals surface area (Å²) in [6, 6.07) is 12.4. The summed E-state index contributed by atoms with van der Waals surface area (Å²) in [7, 11) is 0. The van der Waals surface area contributed by atoms with E-state index in [-0.39, 0.29) is 5.91 Å². The molecule has 5 rings (SSSR count). The molecular formula is C22H24N4O2. The van der Waals surface area contributed by atoms with Gasteiger partial charge in [0.1, 0.15) is 0 Å². The van der Waals surface area contributed by atoms with Gasteiger partial charge in [-0.1, -0.05) is 17.3 Å². The van der Waals surface area contributed by atoms with E-state index in [2.05, 4.69) is 39.7 Å². The molecule has 0 spiro atoms. The van der Waals surface area contributed by atoms with Gasteiger partial charge in [0.25, 0.3) is 5.91 Å². The summed E-state index contributed by atoms with van der Waals surface area (Å²) >= 11 is 0. The summed E-state index contributed by atoms with van der Waals surface area (Å²) in [4.78, 5) is 14.7.